The summed E-state index contributed by atoms with van der Waals surface area (Å²) in [7, 11) is 0. The first-order valence-corrected chi connectivity index (χ1v) is 9.24. The van der Waals surface area contributed by atoms with E-state index in [2.05, 4.69) is 36.5 Å². The lowest BCUT2D eigenvalue weighted by molar-refractivity contribution is -0.134. The predicted octanol–water partition coefficient (Wildman–Crippen LogP) is 5.88. The number of carboxylic acid groups (broad SMARTS) is 1. The second-order valence-corrected chi connectivity index (χ2v) is 5.86. The number of esters is 1. The molecular formula is C23H28O4. The Morgan fingerprint density at radius 1 is 0.926 bits per heavy atom. The number of para-hydroxylation sites is 1. The molecule has 1 aromatic rings. The van der Waals surface area contributed by atoms with Gasteiger partial charge in [-0.25, -0.2) is 4.79 Å². The average molecular weight is 368 g/mol. The van der Waals surface area contributed by atoms with E-state index in [4.69, 9.17) is 9.84 Å². The summed E-state index contributed by atoms with van der Waals surface area (Å²) in [6, 6.07) is 6.14. The highest BCUT2D eigenvalue weighted by atomic mass is 16.5. The number of aromatic carboxylic acids is 1. The lowest BCUT2D eigenvalue weighted by Gasteiger charge is -2.06. The fraction of sp³-hybridized carbons (Fsp3) is 0.304. The minimum atomic E-state index is -1.11. The van der Waals surface area contributed by atoms with Gasteiger partial charge in [-0.1, -0.05) is 60.7 Å². The van der Waals surface area contributed by atoms with Gasteiger partial charge in [0.25, 0.3) is 0 Å². The molecule has 0 saturated heterocycles. The number of carbonyl (C=O) groups is 2. The molecule has 0 aliphatic heterocycles. The van der Waals surface area contributed by atoms with Gasteiger partial charge in [0.1, 0.15) is 11.3 Å². The van der Waals surface area contributed by atoms with E-state index in [9.17, 15) is 9.59 Å². The summed E-state index contributed by atoms with van der Waals surface area (Å²) in [5.74, 6) is -1.43. The SMILES string of the molecule is C/C=C\C/C=C\C/C=C\C/C=C\CCCC(=O)Oc1ccccc1C(=O)O. The molecule has 0 amide bonds. The molecular weight excluding hydrogens is 340 g/mol. The molecule has 0 unspecified atom stereocenters. The number of hydrogen-bond donors (Lipinski definition) is 1. The zero-order valence-corrected chi connectivity index (χ0v) is 15.8. The fourth-order valence-electron chi connectivity index (χ4n) is 2.24. The van der Waals surface area contributed by atoms with Crippen molar-refractivity contribution in [3.8, 4) is 5.75 Å². The topological polar surface area (TPSA) is 63.6 Å². The van der Waals surface area contributed by atoms with E-state index in [0.29, 0.717) is 6.42 Å². The fourth-order valence-corrected chi connectivity index (χ4v) is 2.24. The van der Waals surface area contributed by atoms with Crippen LogP contribution in [-0.2, 0) is 4.79 Å². The van der Waals surface area contributed by atoms with Gasteiger partial charge < -0.3 is 9.84 Å². The number of carboxylic acids is 1. The molecule has 4 heteroatoms. The van der Waals surface area contributed by atoms with Gasteiger partial charge in [-0.05, 0) is 51.2 Å². The Morgan fingerprint density at radius 2 is 1.52 bits per heavy atom. The van der Waals surface area contributed by atoms with Crippen LogP contribution in [0.4, 0.5) is 0 Å². The minimum absolute atomic E-state index is 0.00536. The standard InChI is InChI=1S/C23H28O4/c1-2-3-4-5-6-7-8-9-10-11-12-13-14-19-22(24)27-21-18-16-15-17-20(21)23(25)26/h2-3,5-6,8-9,11-12,15-18H,4,7,10,13-14,19H2,1H3,(H,25,26)/b3-2-,6-5-,9-8-,12-11-. The van der Waals surface area contributed by atoms with Gasteiger partial charge in [-0.2, -0.15) is 0 Å². The van der Waals surface area contributed by atoms with Crippen LogP contribution in [0, 0.1) is 0 Å². The van der Waals surface area contributed by atoms with Gasteiger partial charge in [-0.15, -0.1) is 0 Å². The Hall–Kier alpha value is -2.88. The van der Waals surface area contributed by atoms with Crippen molar-refractivity contribution in [1.82, 2.24) is 0 Å². The van der Waals surface area contributed by atoms with Crippen molar-refractivity contribution in [2.45, 2.75) is 45.4 Å². The summed E-state index contributed by atoms with van der Waals surface area (Å²) in [5.41, 5.74) is -0.00536. The highest BCUT2D eigenvalue weighted by Gasteiger charge is 2.13. The van der Waals surface area contributed by atoms with Crippen LogP contribution < -0.4 is 4.74 Å². The monoisotopic (exact) mass is 368 g/mol. The Bertz CT molecular complexity index is 696. The zero-order valence-electron chi connectivity index (χ0n) is 15.8. The molecule has 0 radical (unpaired) electrons. The molecule has 4 nitrogen and oxygen atoms in total. The van der Waals surface area contributed by atoms with Crippen LogP contribution in [0.25, 0.3) is 0 Å². The number of benzene rings is 1. The molecule has 0 bridgehead atoms. The van der Waals surface area contributed by atoms with Gasteiger partial charge in [-0.3, -0.25) is 4.79 Å². The Morgan fingerprint density at radius 3 is 2.15 bits per heavy atom. The molecule has 27 heavy (non-hydrogen) atoms. The van der Waals surface area contributed by atoms with E-state index >= 15 is 0 Å². The Balaban J connectivity index is 2.17. The Labute approximate surface area is 161 Å². The lowest BCUT2D eigenvalue weighted by Crippen LogP contribution is -2.10. The van der Waals surface area contributed by atoms with Crippen molar-refractivity contribution >= 4 is 11.9 Å². The molecule has 1 N–H and O–H groups in total. The van der Waals surface area contributed by atoms with E-state index in [-0.39, 0.29) is 17.7 Å². The minimum Gasteiger partial charge on any atom is -0.478 e. The maximum absolute atomic E-state index is 11.8. The van der Waals surface area contributed by atoms with Gasteiger partial charge in [0.05, 0.1) is 0 Å². The second kappa shape index (κ2) is 14.3. The van der Waals surface area contributed by atoms with Crippen molar-refractivity contribution in [1.29, 1.82) is 0 Å². The third-order valence-corrected chi connectivity index (χ3v) is 3.65. The molecule has 1 rings (SSSR count). The summed E-state index contributed by atoms with van der Waals surface area (Å²) in [6.45, 7) is 2.02. The van der Waals surface area contributed by atoms with E-state index in [1.165, 1.54) is 12.1 Å². The first-order valence-electron chi connectivity index (χ1n) is 9.24. The molecule has 0 atom stereocenters. The quantitative estimate of drug-likeness (QED) is 0.217. The van der Waals surface area contributed by atoms with Crippen LogP contribution in [0.1, 0.15) is 55.8 Å². The summed E-state index contributed by atoms with van der Waals surface area (Å²) < 4.78 is 5.15. The van der Waals surface area contributed by atoms with Crippen molar-refractivity contribution in [2.75, 3.05) is 0 Å². The molecule has 0 aromatic heterocycles. The average Bonchev–Trinajstić information content (AvgIpc) is 2.65. The van der Waals surface area contributed by atoms with Crippen LogP contribution in [0.2, 0.25) is 0 Å². The van der Waals surface area contributed by atoms with E-state index in [1.54, 1.807) is 12.1 Å². The summed E-state index contributed by atoms with van der Waals surface area (Å²) in [6.07, 6.45) is 21.3. The lowest BCUT2D eigenvalue weighted by atomic mass is 10.2. The van der Waals surface area contributed by atoms with E-state index in [1.807, 2.05) is 19.1 Å². The van der Waals surface area contributed by atoms with Crippen LogP contribution in [0.5, 0.6) is 5.75 Å². The molecule has 0 spiro atoms. The second-order valence-electron chi connectivity index (χ2n) is 5.86. The molecule has 1 aromatic carbocycles. The molecule has 0 heterocycles. The predicted molar refractivity (Wildman–Crippen MR) is 109 cm³/mol. The van der Waals surface area contributed by atoms with Gasteiger partial charge in [0.15, 0.2) is 0 Å². The maximum atomic E-state index is 11.8. The van der Waals surface area contributed by atoms with E-state index < -0.39 is 11.9 Å². The summed E-state index contributed by atoms with van der Waals surface area (Å²) in [4.78, 5) is 22.9. The number of hydrogen-bond acceptors (Lipinski definition) is 3. The van der Waals surface area contributed by atoms with Crippen molar-refractivity contribution < 1.29 is 19.4 Å². The molecule has 0 aliphatic rings. The zero-order chi connectivity index (χ0) is 19.7. The van der Waals surface area contributed by atoms with Crippen molar-refractivity contribution in [3.63, 3.8) is 0 Å². The van der Waals surface area contributed by atoms with Crippen LogP contribution in [-0.4, -0.2) is 17.0 Å². The highest BCUT2D eigenvalue weighted by molar-refractivity contribution is 5.91. The maximum Gasteiger partial charge on any atom is 0.339 e. The van der Waals surface area contributed by atoms with Crippen LogP contribution >= 0.6 is 0 Å². The number of allylic oxidation sites excluding steroid dienone is 8. The van der Waals surface area contributed by atoms with Gasteiger partial charge >= 0.3 is 11.9 Å². The third kappa shape index (κ3) is 10.6. The first-order chi connectivity index (χ1) is 13.1. The third-order valence-electron chi connectivity index (χ3n) is 3.65. The smallest absolute Gasteiger partial charge is 0.339 e. The number of ether oxygens (including phenoxy) is 1. The van der Waals surface area contributed by atoms with Crippen molar-refractivity contribution in [2.24, 2.45) is 0 Å². The summed E-state index contributed by atoms with van der Waals surface area (Å²) >= 11 is 0. The first kappa shape index (κ1) is 22.2. The molecule has 144 valence electrons. The highest BCUT2D eigenvalue weighted by Crippen LogP contribution is 2.18. The van der Waals surface area contributed by atoms with Gasteiger partial charge in [0, 0.05) is 6.42 Å². The largest absolute Gasteiger partial charge is 0.478 e. The molecule has 0 aliphatic carbocycles. The number of carbonyl (C=O) groups excluding carboxylic acids is 1. The number of rotatable bonds is 12. The van der Waals surface area contributed by atoms with Crippen LogP contribution in [0.3, 0.4) is 0 Å². The summed E-state index contributed by atoms with van der Waals surface area (Å²) in [5, 5.41) is 9.07. The normalized spacial score (nSPS) is 11.9. The molecule has 0 fully saturated rings. The van der Waals surface area contributed by atoms with Crippen LogP contribution in [0.15, 0.2) is 72.9 Å². The molecule has 0 saturated carbocycles. The van der Waals surface area contributed by atoms with E-state index in [0.717, 1.165) is 25.7 Å². The Kier molecular flexibility index (Phi) is 11.7. The number of unbranched alkanes of at least 4 members (excludes halogenated alkanes) is 1. The van der Waals surface area contributed by atoms with Gasteiger partial charge in [0.2, 0.25) is 0 Å². The van der Waals surface area contributed by atoms with Crippen molar-refractivity contribution in [3.05, 3.63) is 78.4 Å².